The number of amides is 2. The number of hydrogen-bond donors (Lipinski definition) is 1. The summed E-state index contributed by atoms with van der Waals surface area (Å²) in [6.07, 6.45) is 4.53. The Kier molecular flexibility index (Phi) is 6.19. The maximum Gasteiger partial charge on any atom is 0.272 e. The molecule has 0 atom stereocenters. The lowest BCUT2D eigenvalue weighted by atomic mass is 10.1. The van der Waals surface area contributed by atoms with Gasteiger partial charge in [0.15, 0.2) is 0 Å². The van der Waals surface area contributed by atoms with Crippen molar-refractivity contribution in [3.8, 4) is 0 Å². The molecule has 1 fully saturated rings. The first kappa shape index (κ1) is 17.9. The monoisotopic (exact) mass is 352 g/mol. The molecule has 1 saturated heterocycles. The minimum absolute atomic E-state index is 0.0801. The topological polar surface area (TPSA) is 65.5 Å². The first-order chi connectivity index (χ1) is 12.8. The summed E-state index contributed by atoms with van der Waals surface area (Å²) < 4.78 is 0. The third-order valence-corrected chi connectivity index (χ3v) is 4.54. The lowest BCUT2D eigenvalue weighted by Crippen LogP contribution is -2.48. The number of benzene rings is 1. The summed E-state index contributed by atoms with van der Waals surface area (Å²) in [5.41, 5.74) is 2.68. The van der Waals surface area contributed by atoms with E-state index in [4.69, 9.17) is 0 Å². The highest BCUT2D eigenvalue weighted by Crippen LogP contribution is 2.12. The van der Waals surface area contributed by atoms with Crippen LogP contribution in [0.1, 0.15) is 22.5 Å². The number of nitrogens with zero attached hydrogens (tertiary/aromatic N) is 3. The summed E-state index contributed by atoms with van der Waals surface area (Å²) in [6, 6.07) is 14.1. The van der Waals surface area contributed by atoms with Crippen LogP contribution in [-0.4, -0.2) is 59.8 Å². The van der Waals surface area contributed by atoms with Gasteiger partial charge in [-0.05, 0) is 30.5 Å². The summed E-state index contributed by atoms with van der Waals surface area (Å²) in [6.45, 7) is 3.09. The lowest BCUT2D eigenvalue weighted by molar-refractivity contribution is -0.119. The zero-order valence-electron chi connectivity index (χ0n) is 14.8. The first-order valence-electron chi connectivity index (χ1n) is 8.99. The summed E-state index contributed by atoms with van der Waals surface area (Å²) in [5.74, 6) is -0.0801. The van der Waals surface area contributed by atoms with Gasteiger partial charge in [0.2, 0.25) is 6.41 Å². The van der Waals surface area contributed by atoms with Gasteiger partial charge in [-0.3, -0.25) is 14.6 Å². The fraction of sp³-hybridized carbons (Fsp3) is 0.350. The molecule has 26 heavy (non-hydrogen) atoms. The third kappa shape index (κ3) is 4.81. The Morgan fingerprint density at radius 1 is 1.12 bits per heavy atom. The highest BCUT2D eigenvalue weighted by Gasteiger charge is 2.22. The molecule has 1 N–H and O–H groups in total. The van der Waals surface area contributed by atoms with Gasteiger partial charge in [-0.1, -0.05) is 30.3 Å². The predicted octanol–water partition coefficient (Wildman–Crippen LogP) is 2.04. The second kappa shape index (κ2) is 8.99. The van der Waals surface area contributed by atoms with Crippen LogP contribution in [0.5, 0.6) is 0 Å². The van der Waals surface area contributed by atoms with Crippen molar-refractivity contribution < 1.29 is 9.59 Å². The van der Waals surface area contributed by atoms with Gasteiger partial charge >= 0.3 is 0 Å². The number of piperazine rings is 1. The van der Waals surface area contributed by atoms with Crippen molar-refractivity contribution in [1.82, 2.24) is 14.8 Å². The highest BCUT2D eigenvalue weighted by atomic mass is 16.2. The van der Waals surface area contributed by atoms with Crippen molar-refractivity contribution in [2.45, 2.75) is 12.8 Å². The molecule has 0 spiro atoms. The molecule has 136 valence electrons. The normalized spacial score (nSPS) is 14.2. The number of pyridine rings is 1. The molecule has 1 aromatic heterocycles. The minimum atomic E-state index is -0.0801. The second-order valence-electron chi connectivity index (χ2n) is 6.38. The molecule has 6 heteroatoms. The largest absolute Gasteiger partial charge is 0.385 e. The number of aromatic nitrogens is 1. The Hall–Kier alpha value is -2.89. The number of hydrogen-bond acceptors (Lipinski definition) is 4. The third-order valence-electron chi connectivity index (χ3n) is 4.54. The van der Waals surface area contributed by atoms with Gasteiger partial charge in [0.1, 0.15) is 5.69 Å². The van der Waals surface area contributed by atoms with Gasteiger partial charge in [-0.25, -0.2) is 0 Å². The number of carbonyl (C=O) groups excluding carboxylic acids is 2. The van der Waals surface area contributed by atoms with Gasteiger partial charge in [0.25, 0.3) is 5.91 Å². The SMILES string of the molecule is O=CN1CCN(C(=O)c2cc(NCCCc3ccccc3)ccn2)CC1. The maximum absolute atomic E-state index is 12.6. The van der Waals surface area contributed by atoms with Crippen molar-refractivity contribution in [3.05, 3.63) is 59.9 Å². The van der Waals surface area contributed by atoms with E-state index in [1.807, 2.05) is 12.1 Å². The molecule has 0 saturated carbocycles. The molecule has 2 amide bonds. The molecule has 0 unspecified atom stereocenters. The minimum Gasteiger partial charge on any atom is -0.385 e. The van der Waals surface area contributed by atoms with Crippen LogP contribution in [0.3, 0.4) is 0 Å². The highest BCUT2D eigenvalue weighted by molar-refractivity contribution is 5.93. The zero-order chi connectivity index (χ0) is 18.2. The molecule has 0 radical (unpaired) electrons. The molecule has 1 aliphatic rings. The molecule has 1 aliphatic heterocycles. The van der Waals surface area contributed by atoms with Crippen LogP contribution in [0.4, 0.5) is 5.69 Å². The summed E-state index contributed by atoms with van der Waals surface area (Å²) in [4.78, 5) is 31.0. The zero-order valence-corrected chi connectivity index (χ0v) is 14.8. The van der Waals surface area contributed by atoms with Crippen molar-refractivity contribution in [1.29, 1.82) is 0 Å². The van der Waals surface area contributed by atoms with E-state index in [2.05, 4.69) is 34.6 Å². The fourth-order valence-corrected chi connectivity index (χ4v) is 3.02. The summed E-state index contributed by atoms with van der Waals surface area (Å²) in [7, 11) is 0. The first-order valence-corrected chi connectivity index (χ1v) is 8.99. The molecule has 3 rings (SSSR count). The predicted molar refractivity (Wildman–Crippen MR) is 101 cm³/mol. The number of aryl methyl sites for hydroxylation is 1. The van der Waals surface area contributed by atoms with Crippen LogP contribution in [0.2, 0.25) is 0 Å². The molecular weight excluding hydrogens is 328 g/mol. The number of nitrogens with one attached hydrogen (secondary N) is 1. The van der Waals surface area contributed by atoms with Crippen LogP contribution in [0, 0.1) is 0 Å². The average molecular weight is 352 g/mol. The number of rotatable bonds is 7. The lowest BCUT2D eigenvalue weighted by Gasteiger charge is -2.32. The van der Waals surface area contributed by atoms with E-state index >= 15 is 0 Å². The molecule has 1 aromatic carbocycles. The Labute approximate surface area is 153 Å². The number of anilines is 1. The van der Waals surface area contributed by atoms with Crippen molar-refractivity contribution >= 4 is 18.0 Å². The van der Waals surface area contributed by atoms with E-state index in [1.54, 1.807) is 22.1 Å². The average Bonchev–Trinajstić information content (AvgIpc) is 2.72. The Balaban J connectivity index is 1.49. The standard InChI is InChI=1S/C20H24N4O2/c25-16-23-11-13-24(14-12-23)20(26)19-15-18(8-10-22-19)21-9-4-7-17-5-2-1-3-6-17/h1-3,5-6,8,10,15-16H,4,7,9,11-14H2,(H,21,22). The van der Waals surface area contributed by atoms with E-state index < -0.39 is 0 Å². The second-order valence-corrected chi connectivity index (χ2v) is 6.38. The molecule has 6 nitrogen and oxygen atoms in total. The fourth-order valence-electron chi connectivity index (χ4n) is 3.02. The Bertz CT molecular complexity index is 728. The Morgan fingerprint density at radius 2 is 1.88 bits per heavy atom. The van der Waals surface area contributed by atoms with Gasteiger partial charge < -0.3 is 15.1 Å². The van der Waals surface area contributed by atoms with Crippen LogP contribution in [-0.2, 0) is 11.2 Å². The van der Waals surface area contributed by atoms with Crippen LogP contribution >= 0.6 is 0 Å². The smallest absolute Gasteiger partial charge is 0.272 e. The van der Waals surface area contributed by atoms with Crippen molar-refractivity contribution in [2.24, 2.45) is 0 Å². The Morgan fingerprint density at radius 3 is 2.62 bits per heavy atom. The van der Waals surface area contributed by atoms with Crippen LogP contribution < -0.4 is 5.32 Å². The van der Waals surface area contributed by atoms with Crippen molar-refractivity contribution in [3.63, 3.8) is 0 Å². The summed E-state index contributed by atoms with van der Waals surface area (Å²) in [5, 5.41) is 3.36. The summed E-state index contributed by atoms with van der Waals surface area (Å²) >= 11 is 0. The molecule has 0 aliphatic carbocycles. The van der Waals surface area contributed by atoms with Gasteiger partial charge in [0.05, 0.1) is 0 Å². The van der Waals surface area contributed by atoms with Gasteiger partial charge in [0, 0.05) is 44.6 Å². The molecule has 0 bridgehead atoms. The molecular formula is C20H24N4O2. The van der Waals surface area contributed by atoms with Gasteiger partial charge in [-0.15, -0.1) is 0 Å². The van der Waals surface area contributed by atoms with Crippen molar-refractivity contribution in [2.75, 3.05) is 38.0 Å². The number of carbonyl (C=O) groups is 2. The van der Waals surface area contributed by atoms with Crippen LogP contribution in [0.25, 0.3) is 0 Å². The quantitative estimate of drug-likeness (QED) is 0.612. The van der Waals surface area contributed by atoms with E-state index in [0.29, 0.717) is 31.9 Å². The van der Waals surface area contributed by atoms with E-state index in [-0.39, 0.29) is 5.91 Å². The van der Waals surface area contributed by atoms with E-state index in [1.165, 1.54) is 5.56 Å². The molecule has 2 heterocycles. The van der Waals surface area contributed by atoms with E-state index in [9.17, 15) is 9.59 Å². The van der Waals surface area contributed by atoms with Gasteiger partial charge in [-0.2, -0.15) is 0 Å². The maximum atomic E-state index is 12.6. The van der Waals surface area contributed by atoms with E-state index in [0.717, 1.165) is 31.5 Å². The molecule has 2 aromatic rings. The van der Waals surface area contributed by atoms with Crippen LogP contribution in [0.15, 0.2) is 48.7 Å².